The van der Waals surface area contributed by atoms with Gasteiger partial charge in [-0.3, -0.25) is 0 Å². The highest BCUT2D eigenvalue weighted by atomic mass is 35.5. The monoisotopic (exact) mass is 168 g/mol. The minimum absolute atomic E-state index is 0.355. The maximum atomic E-state index is 10.6. The summed E-state index contributed by atoms with van der Waals surface area (Å²) < 4.78 is 4.05. The van der Waals surface area contributed by atoms with Gasteiger partial charge in [0.1, 0.15) is 0 Å². The van der Waals surface area contributed by atoms with E-state index in [1.165, 1.54) is 11.8 Å². The van der Waals surface area contributed by atoms with E-state index < -0.39 is 4.71 Å². The van der Waals surface area contributed by atoms with Crippen LogP contribution in [-0.2, 0) is 9.53 Å². The van der Waals surface area contributed by atoms with Crippen LogP contribution in [-0.4, -0.2) is 23.5 Å². The molecule has 0 aromatic rings. The Bertz CT molecular complexity index is 97.0. The van der Waals surface area contributed by atoms with Gasteiger partial charge in [-0.1, -0.05) is 11.6 Å². The summed E-state index contributed by atoms with van der Waals surface area (Å²) in [6.07, 6.45) is 1.76. The van der Waals surface area contributed by atoms with Crippen LogP contribution in [0.5, 0.6) is 0 Å². The first-order valence-electron chi connectivity index (χ1n) is 2.55. The third-order valence-electron chi connectivity index (χ3n) is 0.679. The molecule has 0 fully saturated rings. The summed E-state index contributed by atoms with van der Waals surface area (Å²) in [5.41, 5.74) is 0. The molecule has 0 aromatic carbocycles. The molecule has 0 bridgehead atoms. The molecule has 1 atom stereocenters. The molecule has 0 aliphatic carbocycles. The van der Waals surface area contributed by atoms with Gasteiger partial charge in [0, 0.05) is 0 Å². The molecule has 0 N–H and O–H groups in total. The molecule has 0 spiro atoms. The molecule has 9 heavy (non-hydrogen) atoms. The number of carbonyl (C=O) groups excluding carboxylic acids is 1. The number of halogens is 1. The highest BCUT2D eigenvalue weighted by molar-refractivity contribution is 8.01. The summed E-state index contributed by atoms with van der Waals surface area (Å²) in [7, 11) is 0. The molecule has 1 unspecified atom stereocenters. The second-order valence-electron chi connectivity index (χ2n) is 1.30. The third kappa shape index (κ3) is 3.65. The first kappa shape index (κ1) is 9.11. The summed E-state index contributed by atoms with van der Waals surface area (Å²) >= 11 is 6.75. The highest BCUT2D eigenvalue weighted by Crippen LogP contribution is 2.12. The Hall–Kier alpha value is 0.110. The molecule has 0 aliphatic rings. The van der Waals surface area contributed by atoms with E-state index in [-0.39, 0.29) is 5.97 Å². The minimum atomic E-state index is -0.551. The van der Waals surface area contributed by atoms with Crippen LogP contribution < -0.4 is 0 Å². The van der Waals surface area contributed by atoms with Gasteiger partial charge in [-0.25, -0.2) is 4.79 Å². The molecule has 0 aromatic heterocycles. The number of hydrogen-bond donors (Lipinski definition) is 0. The molecule has 0 radical (unpaired) electrons. The molecule has 0 aliphatic heterocycles. The Morgan fingerprint density at radius 2 is 2.44 bits per heavy atom. The van der Waals surface area contributed by atoms with E-state index in [4.69, 9.17) is 11.6 Å². The normalized spacial score (nSPS) is 12.8. The van der Waals surface area contributed by atoms with Crippen LogP contribution in [0.25, 0.3) is 0 Å². The maximum Gasteiger partial charge on any atom is 0.334 e. The average molecular weight is 169 g/mol. The van der Waals surface area contributed by atoms with E-state index in [9.17, 15) is 4.79 Å². The molecular formula is C5H9ClO2S. The van der Waals surface area contributed by atoms with Gasteiger partial charge in [0.05, 0.1) is 6.61 Å². The lowest BCUT2D eigenvalue weighted by Crippen LogP contribution is -2.13. The summed E-state index contributed by atoms with van der Waals surface area (Å²) in [4.78, 5) is 10.6. The Balaban J connectivity index is 3.46. The van der Waals surface area contributed by atoms with E-state index in [0.29, 0.717) is 6.61 Å². The first-order valence-corrected chi connectivity index (χ1v) is 4.28. The first-order chi connectivity index (χ1) is 4.22. The molecule has 0 rings (SSSR count). The van der Waals surface area contributed by atoms with Gasteiger partial charge in [0.15, 0.2) is 4.71 Å². The fourth-order valence-electron chi connectivity index (χ4n) is 0.304. The Labute approximate surface area is 63.9 Å². The van der Waals surface area contributed by atoms with Crippen LogP contribution >= 0.6 is 23.4 Å². The van der Waals surface area contributed by atoms with Gasteiger partial charge in [0.25, 0.3) is 0 Å². The molecule has 0 heterocycles. The van der Waals surface area contributed by atoms with Crippen LogP contribution in [0.3, 0.4) is 0 Å². The third-order valence-corrected chi connectivity index (χ3v) is 2.00. The van der Waals surface area contributed by atoms with Crippen LogP contribution in [0.2, 0.25) is 0 Å². The second-order valence-corrected chi connectivity index (χ2v) is 2.94. The van der Waals surface area contributed by atoms with Crippen molar-refractivity contribution >= 4 is 29.3 Å². The summed E-state index contributed by atoms with van der Waals surface area (Å²) in [6, 6.07) is 0. The topological polar surface area (TPSA) is 26.3 Å². The van der Waals surface area contributed by atoms with Gasteiger partial charge < -0.3 is 4.74 Å². The predicted octanol–water partition coefficient (Wildman–Crippen LogP) is 1.48. The fraction of sp³-hybridized carbons (Fsp3) is 0.800. The number of thioether (sulfide) groups is 1. The number of ether oxygens (including phenoxy) is 1. The Morgan fingerprint density at radius 1 is 1.89 bits per heavy atom. The Kier molecular flexibility index (Phi) is 5.00. The molecule has 0 saturated heterocycles. The van der Waals surface area contributed by atoms with Gasteiger partial charge >= 0.3 is 5.97 Å². The van der Waals surface area contributed by atoms with E-state index in [1.54, 1.807) is 13.2 Å². The molecule has 54 valence electrons. The smallest absolute Gasteiger partial charge is 0.334 e. The summed E-state index contributed by atoms with van der Waals surface area (Å²) in [6.45, 7) is 2.14. The zero-order valence-corrected chi connectivity index (χ0v) is 6.96. The van der Waals surface area contributed by atoms with Gasteiger partial charge in [-0.2, -0.15) is 0 Å². The number of hydrogen-bond acceptors (Lipinski definition) is 3. The quantitative estimate of drug-likeness (QED) is 0.472. The molecule has 0 amide bonds. The fourth-order valence-corrected chi connectivity index (χ4v) is 0.627. The van der Waals surface area contributed by atoms with E-state index in [2.05, 4.69) is 4.74 Å². The largest absolute Gasteiger partial charge is 0.464 e. The van der Waals surface area contributed by atoms with Gasteiger partial charge in [-0.15, -0.1) is 11.8 Å². The lowest BCUT2D eigenvalue weighted by molar-refractivity contribution is -0.140. The number of rotatable bonds is 3. The van der Waals surface area contributed by atoms with Crippen molar-refractivity contribution in [3.63, 3.8) is 0 Å². The molecule has 2 nitrogen and oxygen atoms in total. The Morgan fingerprint density at radius 3 is 2.78 bits per heavy atom. The van der Waals surface area contributed by atoms with Crippen LogP contribution in [0, 0.1) is 0 Å². The van der Waals surface area contributed by atoms with Crippen molar-refractivity contribution in [2.45, 2.75) is 11.6 Å². The average Bonchev–Trinajstić information content (AvgIpc) is 1.87. The lowest BCUT2D eigenvalue weighted by atomic mass is 10.7. The molecule has 0 saturated carbocycles. The standard InChI is InChI=1S/C5H9ClO2S/c1-3-8-5(7)4(6)9-2/h4H,3H2,1-2H3. The second kappa shape index (κ2) is 4.94. The van der Waals surface area contributed by atoms with E-state index >= 15 is 0 Å². The van der Waals surface area contributed by atoms with Crippen molar-refractivity contribution in [1.82, 2.24) is 0 Å². The summed E-state index contributed by atoms with van der Waals surface area (Å²) in [5, 5.41) is 0. The van der Waals surface area contributed by atoms with Crippen molar-refractivity contribution < 1.29 is 9.53 Å². The summed E-state index contributed by atoms with van der Waals surface area (Å²) in [5.74, 6) is -0.355. The highest BCUT2D eigenvalue weighted by Gasteiger charge is 2.13. The van der Waals surface area contributed by atoms with Crippen molar-refractivity contribution in [2.75, 3.05) is 12.9 Å². The van der Waals surface area contributed by atoms with E-state index in [0.717, 1.165) is 0 Å². The maximum absolute atomic E-state index is 10.6. The number of carbonyl (C=O) groups is 1. The van der Waals surface area contributed by atoms with Crippen molar-refractivity contribution in [2.24, 2.45) is 0 Å². The molecular weight excluding hydrogens is 160 g/mol. The lowest BCUT2D eigenvalue weighted by Gasteiger charge is -2.03. The number of esters is 1. The van der Waals surface area contributed by atoms with Gasteiger partial charge in [0.2, 0.25) is 0 Å². The van der Waals surface area contributed by atoms with Crippen LogP contribution in [0.4, 0.5) is 0 Å². The van der Waals surface area contributed by atoms with Crippen molar-refractivity contribution in [1.29, 1.82) is 0 Å². The van der Waals surface area contributed by atoms with Gasteiger partial charge in [-0.05, 0) is 13.2 Å². The zero-order valence-electron chi connectivity index (χ0n) is 5.39. The zero-order chi connectivity index (χ0) is 7.28. The predicted molar refractivity (Wildman–Crippen MR) is 39.8 cm³/mol. The van der Waals surface area contributed by atoms with Crippen LogP contribution in [0.1, 0.15) is 6.92 Å². The van der Waals surface area contributed by atoms with E-state index in [1.807, 2.05) is 0 Å². The van der Waals surface area contributed by atoms with Crippen molar-refractivity contribution in [3.8, 4) is 0 Å². The van der Waals surface area contributed by atoms with Crippen molar-refractivity contribution in [3.05, 3.63) is 0 Å². The number of alkyl halides is 1. The minimum Gasteiger partial charge on any atom is -0.464 e. The molecule has 4 heteroatoms. The van der Waals surface area contributed by atoms with Crippen LogP contribution in [0.15, 0.2) is 0 Å². The SMILES string of the molecule is CCOC(=O)C(Cl)SC.